The Hall–Kier alpha value is -1.57. The summed E-state index contributed by atoms with van der Waals surface area (Å²) in [5.41, 5.74) is 5.71. The van der Waals surface area contributed by atoms with Crippen molar-refractivity contribution in [2.24, 2.45) is 5.73 Å². The van der Waals surface area contributed by atoms with Crippen LogP contribution in [0.15, 0.2) is 23.1 Å². The lowest BCUT2D eigenvalue weighted by Crippen LogP contribution is -2.20. The predicted molar refractivity (Wildman–Crippen MR) is 82.5 cm³/mol. The van der Waals surface area contributed by atoms with Gasteiger partial charge in [-0.25, -0.2) is 0 Å². The second-order valence-electron chi connectivity index (χ2n) is 3.80. The summed E-state index contributed by atoms with van der Waals surface area (Å²) >= 11 is 12.1. The van der Waals surface area contributed by atoms with Gasteiger partial charge in [0.25, 0.3) is 11.8 Å². The van der Waals surface area contributed by atoms with Gasteiger partial charge in [-0.15, -0.1) is 0 Å². The molecular weight excluding hydrogens is 320 g/mol. The van der Waals surface area contributed by atoms with E-state index in [9.17, 15) is 9.59 Å². The van der Waals surface area contributed by atoms with E-state index in [1.165, 1.54) is 11.8 Å². The number of nitrogens with two attached hydrogens (primary N) is 1. The minimum atomic E-state index is -0.584. The Labute approximate surface area is 129 Å². The van der Waals surface area contributed by atoms with Crippen LogP contribution in [0.3, 0.4) is 0 Å². The number of benzene rings is 1. The molecule has 1 heterocycles. The first-order valence-electron chi connectivity index (χ1n) is 5.41. The normalized spacial score (nSPS) is 16.4. The lowest BCUT2D eigenvalue weighted by atomic mass is 10.2. The third-order valence-electron chi connectivity index (χ3n) is 2.27. The minimum absolute atomic E-state index is 0.231. The van der Waals surface area contributed by atoms with E-state index in [0.717, 1.165) is 5.56 Å². The van der Waals surface area contributed by atoms with Crippen LogP contribution in [0.1, 0.15) is 5.56 Å². The molecule has 0 radical (unpaired) electrons. The number of thiocarbonyl (C=S) groups is 1. The average molecular weight is 329 g/mol. The molecule has 0 spiro atoms. The summed E-state index contributed by atoms with van der Waals surface area (Å²) in [6, 6.07) is 4.94. The molecule has 1 aliphatic rings. The highest BCUT2D eigenvalue weighted by Crippen LogP contribution is 2.29. The molecule has 2 rings (SSSR count). The van der Waals surface area contributed by atoms with Gasteiger partial charge in [0, 0.05) is 0 Å². The third kappa shape index (κ3) is 3.72. The summed E-state index contributed by atoms with van der Waals surface area (Å²) in [6.07, 6.45) is 1.67. The highest BCUT2D eigenvalue weighted by molar-refractivity contribution is 8.26. The van der Waals surface area contributed by atoms with Gasteiger partial charge in [0.2, 0.25) is 0 Å². The van der Waals surface area contributed by atoms with E-state index in [0.29, 0.717) is 20.0 Å². The van der Waals surface area contributed by atoms with Crippen molar-refractivity contribution in [3.63, 3.8) is 0 Å². The zero-order valence-electron chi connectivity index (χ0n) is 10.0. The molecule has 1 aliphatic heterocycles. The third-order valence-corrected chi connectivity index (χ3v) is 3.72. The maximum atomic E-state index is 11.5. The Morgan fingerprint density at radius 1 is 1.55 bits per heavy atom. The quantitative estimate of drug-likeness (QED) is 0.649. The maximum Gasteiger partial charge on any atom is 0.263 e. The van der Waals surface area contributed by atoms with Gasteiger partial charge in [-0.3, -0.25) is 9.59 Å². The van der Waals surface area contributed by atoms with Crippen LogP contribution in [-0.2, 0) is 9.59 Å². The van der Waals surface area contributed by atoms with Crippen molar-refractivity contribution >= 4 is 57.8 Å². The summed E-state index contributed by atoms with van der Waals surface area (Å²) < 4.78 is 5.55. The molecule has 2 amide bonds. The zero-order valence-corrected chi connectivity index (χ0v) is 12.4. The fraction of sp³-hybridized carbons (Fsp3) is 0.0833. The number of primary amides is 1. The number of hydrogen-bond acceptors (Lipinski definition) is 5. The van der Waals surface area contributed by atoms with Crippen molar-refractivity contribution in [1.29, 1.82) is 0 Å². The summed E-state index contributed by atoms with van der Waals surface area (Å²) in [4.78, 5) is 22.7. The highest BCUT2D eigenvalue weighted by Gasteiger charge is 2.21. The van der Waals surface area contributed by atoms with Gasteiger partial charge in [-0.1, -0.05) is 41.6 Å². The van der Waals surface area contributed by atoms with Crippen LogP contribution < -0.4 is 15.8 Å². The molecule has 3 N–H and O–H groups in total. The summed E-state index contributed by atoms with van der Waals surface area (Å²) in [5, 5.41) is 2.85. The lowest BCUT2D eigenvalue weighted by molar-refractivity contribution is -0.120. The lowest BCUT2D eigenvalue weighted by Gasteiger charge is -2.06. The number of amides is 2. The van der Waals surface area contributed by atoms with Gasteiger partial charge in [-0.05, 0) is 23.8 Å². The molecule has 104 valence electrons. The zero-order chi connectivity index (χ0) is 14.7. The van der Waals surface area contributed by atoms with Crippen molar-refractivity contribution in [1.82, 2.24) is 5.32 Å². The molecule has 1 fully saturated rings. The van der Waals surface area contributed by atoms with E-state index in [-0.39, 0.29) is 12.5 Å². The van der Waals surface area contributed by atoms with E-state index in [1.807, 2.05) is 0 Å². The van der Waals surface area contributed by atoms with E-state index >= 15 is 0 Å². The molecule has 1 saturated heterocycles. The summed E-state index contributed by atoms with van der Waals surface area (Å²) in [7, 11) is 0. The number of carbonyl (C=O) groups is 2. The van der Waals surface area contributed by atoms with Crippen molar-refractivity contribution in [3.8, 4) is 5.75 Å². The van der Waals surface area contributed by atoms with Crippen molar-refractivity contribution in [2.75, 3.05) is 6.61 Å². The molecule has 0 aliphatic carbocycles. The smallest absolute Gasteiger partial charge is 0.263 e. The second-order valence-corrected chi connectivity index (χ2v) is 5.92. The topological polar surface area (TPSA) is 81.4 Å². The average Bonchev–Trinajstić information content (AvgIpc) is 2.66. The Morgan fingerprint density at radius 2 is 2.30 bits per heavy atom. The van der Waals surface area contributed by atoms with Gasteiger partial charge in [0.15, 0.2) is 6.61 Å². The molecule has 0 aromatic heterocycles. The number of thioether (sulfide) groups is 1. The summed E-state index contributed by atoms with van der Waals surface area (Å²) in [5.74, 6) is -0.461. The van der Waals surface area contributed by atoms with Gasteiger partial charge >= 0.3 is 0 Å². The van der Waals surface area contributed by atoms with E-state index in [1.54, 1.807) is 24.3 Å². The van der Waals surface area contributed by atoms with Crippen molar-refractivity contribution in [3.05, 3.63) is 33.7 Å². The standard InChI is InChI=1S/C12H9ClN2O3S2/c13-7-3-6(1-2-8(7)18-5-10(14)16)4-9-11(17)15-12(19)20-9/h1-4H,5H2,(H2,14,16)(H,15,17,19). The molecule has 1 aromatic carbocycles. The number of halogens is 1. The summed E-state index contributed by atoms with van der Waals surface area (Å²) in [6.45, 7) is -0.243. The monoisotopic (exact) mass is 328 g/mol. The van der Waals surface area contributed by atoms with Crippen molar-refractivity contribution in [2.45, 2.75) is 0 Å². The number of rotatable bonds is 4. The van der Waals surface area contributed by atoms with Crippen LogP contribution in [0.2, 0.25) is 5.02 Å². The fourth-order valence-corrected chi connectivity index (χ4v) is 2.73. The van der Waals surface area contributed by atoms with Crippen LogP contribution in [0.4, 0.5) is 0 Å². The molecule has 0 saturated carbocycles. The number of nitrogens with one attached hydrogen (secondary N) is 1. The molecular formula is C12H9ClN2O3S2. The maximum absolute atomic E-state index is 11.5. The van der Waals surface area contributed by atoms with Crippen LogP contribution in [0, 0.1) is 0 Å². The van der Waals surface area contributed by atoms with Gasteiger partial charge in [0.05, 0.1) is 9.93 Å². The number of hydrogen-bond donors (Lipinski definition) is 2. The Bertz CT molecular complexity index is 631. The van der Waals surface area contributed by atoms with Crippen LogP contribution >= 0.6 is 35.6 Å². The van der Waals surface area contributed by atoms with Crippen molar-refractivity contribution < 1.29 is 14.3 Å². The highest BCUT2D eigenvalue weighted by atomic mass is 35.5. The van der Waals surface area contributed by atoms with Crippen LogP contribution in [0.5, 0.6) is 5.75 Å². The Kier molecular flexibility index (Phi) is 4.64. The van der Waals surface area contributed by atoms with Gasteiger partial charge in [-0.2, -0.15) is 0 Å². The largest absolute Gasteiger partial charge is 0.482 e. The minimum Gasteiger partial charge on any atom is -0.482 e. The molecule has 5 nitrogen and oxygen atoms in total. The number of ether oxygens (including phenoxy) is 1. The molecule has 0 bridgehead atoms. The molecule has 0 unspecified atom stereocenters. The van der Waals surface area contributed by atoms with E-state index in [2.05, 4.69) is 5.32 Å². The van der Waals surface area contributed by atoms with Gasteiger partial charge < -0.3 is 15.8 Å². The molecule has 0 atom stereocenters. The fourth-order valence-electron chi connectivity index (χ4n) is 1.45. The second kappa shape index (κ2) is 6.25. The predicted octanol–water partition coefficient (Wildman–Crippen LogP) is 1.69. The number of carbonyl (C=O) groups excluding carboxylic acids is 2. The Balaban J connectivity index is 2.17. The van der Waals surface area contributed by atoms with Gasteiger partial charge in [0.1, 0.15) is 10.1 Å². The van der Waals surface area contributed by atoms with Crippen LogP contribution in [0.25, 0.3) is 6.08 Å². The first-order valence-corrected chi connectivity index (χ1v) is 7.01. The first kappa shape index (κ1) is 14.8. The van der Waals surface area contributed by atoms with Crippen LogP contribution in [-0.4, -0.2) is 22.7 Å². The van der Waals surface area contributed by atoms with E-state index < -0.39 is 5.91 Å². The molecule has 20 heavy (non-hydrogen) atoms. The SMILES string of the molecule is NC(=O)COc1ccc(C=C2SC(=S)NC2=O)cc1Cl. The Morgan fingerprint density at radius 3 is 2.85 bits per heavy atom. The van der Waals surface area contributed by atoms with E-state index in [4.69, 9.17) is 34.3 Å². The molecule has 1 aromatic rings. The molecule has 8 heteroatoms. The first-order chi connectivity index (χ1) is 9.45.